The fourth-order valence-corrected chi connectivity index (χ4v) is 4.31. The topological polar surface area (TPSA) is 105 Å². The summed E-state index contributed by atoms with van der Waals surface area (Å²) in [4.78, 5) is 16.9. The molecule has 0 saturated heterocycles. The van der Waals surface area contributed by atoms with E-state index >= 15 is 0 Å². The van der Waals surface area contributed by atoms with Crippen molar-refractivity contribution in [3.63, 3.8) is 0 Å². The van der Waals surface area contributed by atoms with Crippen molar-refractivity contribution in [2.45, 2.75) is 17.8 Å². The van der Waals surface area contributed by atoms with Gasteiger partial charge in [-0.2, -0.15) is 5.26 Å². The van der Waals surface area contributed by atoms with Crippen molar-refractivity contribution in [1.82, 2.24) is 29.4 Å². The fourth-order valence-electron chi connectivity index (χ4n) is 3.47. The van der Waals surface area contributed by atoms with Gasteiger partial charge in [-0.3, -0.25) is 14.5 Å². The fraction of sp³-hybridized carbons (Fsp3) is 0.0870. The van der Waals surface area contributed by atoms with Crippen LogP contribution in [0.5, 0.6) is 0 Å². The minimum Gasteiger partial charge on any atom is -0.295 e. The second-order valence-electron chi connectivity index (χ2n) is 7.18. The zero-order valence-corrected chi connectivity index (χ0v) is 17.9. The van der Waals surface area contributed by atoms with E-state index < -0.39 is 0 Å². The number of aryl methyl sites for hydroxylation is 1. The first-order chi connectivity index (χ1) is 15.6. The zero-order valence-electron chi connectivity index (χ0n) is 17.1. The van der Waals surface area contributed by atoms with Crippen LogP contribution in [0.25, 0.3) is 22.7 Å². The summed E-state index contributed by atoms with van der Waals surface area (Å²) in [6.07, 6.45) is 1.47. The molecule has 156 valence electrons. The molecule has 0 unspecified atom stereocenters. The van der Waals surface area contributed by atoms with Gasteiger partial charge in [0.25, 0.3) is 5.56 Å². The van der Waals surface area contributed by atoms with Crippen LogP contribution in [0.2, 0.25) is 0 Å². The van der Waals surface area contributed by atoms with E-state index in [2.05, 4.69) is 26.3 Å². The molecule has 9 heteroatoms. The SMILES string of the molecule is Cc1cccc(-c2nnc(SCc3cc(=O)n4[nH]cc(C#N)c4n3)n2-c2ccccc2)c1. The minimum absolute atomic E-state index is 0.267. The van der Waals surface area contributed by atoms with Gasteiger partial charge in [0.15, 0.2) is 16.6 Å². The average Bonchev–Trinajstić information content (AvgIpc) is 3.42. The van der Waals surface area contributed by atoms with Crippen LogP contribution in [-0.2, 0) is 5.75 Å². The molecule has 0 aliphatic heterocycles. The molecule has 5 aromatic rings. The van der Waals surface area contributed by atoms with E-state index in [4.69, 9.17) is 0 Å². The molecule has 0 spiro atoms. The van der Waals surface area contributed by atoms with Crippen molar-refractivity contribution < 1.29 is 0 Å². The van der Waals surface area contributed by atoms with E-state index in [-0.39, 0.29) is 5.56 Å². The molecule has 0 radical (unpaired) electrons. The van der Waals surface area contributed by atoms with Crippen LogP contribution in [0.3, 0.4) is 0 Å². The van der Waals surface area contributed by atoms with E-state index in [0.29, 0.717) is 27.8 Å². The van der Waals surface area contributed by atoms with Gasteiger partial charge < -0.3 is 0 Å². The summed E-state index contributed by atoms with van der Waals surface area (Å²) in [6, 6.07) is 21.5. The van der Waals surface area contributed by atoms with E-state index in [9.17, 15) is 10.1 Å². The number of nitrogens with zero attached hydrogens (tertiary/aromatic N) is 6. The van der Waals surface area contributed by atoms with Crippen LogP contribution in [0, 0.1) is 18.3 Å². The first-order valence-electron chi connectivity index (χ1n) is 9.85. The summed E-state index contributed by atoms with van der Waals surface area (Å²) < 4.78 is 3.26. The molecule has 3 aromatic heterocycles. The Kier molecular flexibility index (Phi) is 5.05. The van der Waals surface area contributed by atoms with Crippen LogP contribution < -0.4 is 5.56 Å². The number of thioether (sulfide) groups is 1. The summed E-state index contributed by atoms with van der Waals surface area (Å²) in [5.41, 5.74) is 3.99. The van der Waals surface area contributed by atoms with E-state index in [0.717, 1.165) is 22.6 Å². The smallest absolute Gasteiger partial charge is 0.272 e. The lowest BCUT2D eigenvalue weighted by atomic mass is 10.1. The molecule has 5 rings (SSSR count). The van der Waals surface area contributed by atoms with Crippen LogP contribution >= 0.6 is 11.8 Å². The highest BCUT2D eigenvalue weighted by Gasteiger charge is 2.17. The number of rotatable bonds is 5. The van der Waals surface area contributed by atoms with Crippen LogP contribution in [-0.4, -0.2) is 29.4 Å². The highest BCUT2D eigenvalue weighted by molar-refractivity contribution is 7.98. The maximum atomic E-state index is 12.4. The third-order valence-electron chi connectivity index (χ3n) is 4.94. The van der Waals surface area contributed by atoms with Crippen molar-refractivity contribution in [2.24, 2.45) is 0 Å². The Bertz CT molecular complexity index is 1530. The predicted molar refractivity (Wildman–Crippen MR) is 122 cm³/mol. The van der Waals surface area contributed by atoms with Crippen molar-refractivity contribution in [2.75, 3.05) is 0 Å². The second kappa shape index (κ2) is 8.17. The van der Waals surface area contributed by atoms with Gasteiger partial charge in [0.1, 0.15) is 11.6 Å². The Balaban J connectivity index is 1.54. The average molecular weight is 440 g/mol. The Labute approximate surface area is 187 Å². The number of aromatic amines is 1. The van der Waals surface area contributed by atoms with E-state index in [1.807, 2.05) is 66.1 Å². The molecule has 0 amide bonds. The summed E-state index contributed by atoms with van der Waals surface area (Å²) in [5.74, 6) is 1.14. The van der Waals surface area contributed by atoms with Gasteiger partial charge >= 0.3 is 0 Å². The monoisotopic (exact) mass is 439 g/mol. The number of nitrogens with one attached hydrogen (secondary N) is 1. The van der Waals surface area contributed by atoms with Gasteiger partial charge in [0, 0.05) is 29.3 Å². The molecule has 3 heterocycles. The maximum Gasteiger partial charge on any atom is 0.272 e. The first kappa shape index (κ1) is 19.8. The van der Waals surface area contributed by atoms with Gasteiger partial charge in [-0.25, -0.2) is 9.50 Å². The van der Waals surface area contributed by atoms with Gasteiger partial charge in [0.05, 0.1) is 5.69 Å². The molecule has 8 nitrogen and oxygen atoms in total. The number of benzene rings is 2. The Morgan fingerprint density at radius 3 is 2.72 bits per heavy atom. The van der Waals surface area contributed by atoms with E-state index in [1.54, 1.807) is 0 Å². The number of hydrogen-bond acceptors (Lipinski definition) is 6. The second-order valence-corrected chi connectivity index (χ2v) is 8.12. The molecule has 1 N–H and O–H groups in total. The molecule has 0 aliphatic carbocycles. The molecule has 32 heavy (non-hydrogen) atoms. The molecular formula is C23H17N7OS. The number of hydrogen-bond donors (Lipinski definition) is 1. The highest BCUT2D eigenvalue weighted by Crippen LogP contribution is 2.29. The van der Waals surface area contributed by atoms with Crippen molar-refractivity contribution in [3.8, 4) is 23.1 Å². The summed E-state index contributed by atoms with van der Waals surface area (Å²) in [5, 5.41) is 21.6. The molecule has 0 saturated carbocycles. The summed E-state index contributed by atoms with van der Waals surface area (Å²) >= 11 is 1.43. The quantitative estimate of drug-likeness (QED) is 0.418. The maximum absolute atomic E-state index is 12.4. The largest absolute Gasteiger partial charge is 0.295 e. The first-order valence-corrected chi connectivity index (χ1v) is 10.8. The normalized spacial score (nSPS) is 11.0. The van der Waals surface area contributed by atoms with Gasteiger partial charge in [-0.15, -0.1) is 10.2 Å². The minimum atomic E-state index is -0.267. The summed E-state index contributed by atoms with van der Waals surface area (Å²) in [6.45, 7) is 2.04. The zero-order chi connectivity index (χ0) is 22.1. The van der Waals surface area contributed by atoms with Gasteiger partial charge in [0.2, 0.25) is 0 Å². The van der Waals surface area contributed by atoms with E-state index in [1.165, 1.54) is 28.5 Å². The molecule has 0 atom stereocenters. The lowest BCUT2D eigenvalue weighted by Crippen LogP contribution is -2.15. The Hall–Kier alpha value is -4.16. The molecule has 0 bridgehead atoms. The summed E-state index contributed by atoms with van der Waals surface area (Å²) in [7, 11) is 0. The lowest BCUT2D eigenvalue weighted by Gasteiger charge is -2.10. The van der Waals surface area contributed by atoms with Crippen molar-refractivity contribution in [1.29, 1.82) is 5.26 Å². The molecule has 0 fully saturated rings. The van der Waals surface area contributed by atoms with Gasteiger partial charge in [-0.05, 0) is 25.1 Å². The number of H-pyrrole nitrogens is 1. The van der Waals surface area contributed by atoms with Crippen LogP contribution in [0.15, 0.2) is 76.8 Å². The number of para-hydroxylation sites is 1. The van der Waals surface area contributed by atoms with Crippen LogP contribution in [0.1, 0.15) is 16.8 Å². The number of nitriles is 1. The third kappa shape index (κ3) is 3.57. The van der Waals surface area contributed by atoms with Crippen molar-refractivity contribution in [3.05, 3.63) is 94.0 Å². The van der Waals surface area contributed by atoms with Crippen molar-refractivity contribution >= 4 is 17.4 Å². The lowest BCUT2D eigenvalue weighted by molar-refractivity contribution is 0.878. The van der Waals surface area contributed by atoms with Crippen LogP contribution in [0.4, 0.5) is 0 Å². The van der Waals surface area contributed by atoms with Gasteiger partial charge in [-0.1, -0.05) is 53.7 Å². The molecular weight excluding hydrogens is 422 g/mol. The molecule has 0 aliphatic rings. The Morgan fingerprint density at radius 1 is 1.09 bits per heavy atom. The predicted octanol–water partition coefficient (Wildman–Crippen LogP) is 3.74. The highest BCUT2D eigenvalue weighted by atomic mass is 32.2. The number of fused-ring (bicyclic) bond motifs is 1. The Morgan fingerprint density at radius 2 is 1.94 bits per heavy atom. The molecule has 2 aromatic carbocycles. The number of aromatic nitrogens is 6. The standard InChI is InChI=1S/C23H17N7OS/c1-15-6-5-7-16(10-15)22-27-28-23(29(22)19-8-3-2-4-9-19)32-14-18-11-20(31)30-21(26-18)17(12-24)13-25-30/h2-11,13,25H,14H2,1H3. The third-order valence-corrected chi connectivity index (χ3v) is 5.91.